The number of nitro benzene ring substituents is 1. The van der Waals surface area contributed by atoms with E-state index in [0.717, 1.165) is 4.57 Å². The Bertz CT molecular complexity index is 1080. The van der Waals surface area contributed by atoms with Gasteiger partial charge in [0.15, 0.2) is 5.75 Å². The Morgan fingerprint density at radius 3 is 2.83 bits per heavy atom. The highest BCUT2D eigenvalue weighted by Crippen LogP contribution is 2.27. The van der Waals surface area contributed by atoms with Gasteiger partial charge in [-0.2, -0.15) is 0 Å². The molecule has 2 aromatic rings. The van der Waals surface area contributed by atoms with Gasteiger partial charge in [0.1, 0.15) is 24.5 Å². The molecule has 3 N–H and O–H groups in total. The predicted molar refractivity (Wildman–Crippen MR) is 98.4 cm³/mol. The lowest BCUT2D eigenvalue weighted by Gasteiger charge is -2.14. The largest absolute Gasteiger partial charge is 0.474 e. The van der Waals surface area contributed by atoms with Gasteiger partial charge in [-0.05, 0) is 6.07 Å². The average molecular weight is 403 g/mol. The van der Waals surface area contributed by atoms with Crippen LogP contribution < -0.4 is 16.0 Å². The van der Waals surface area contributed by atoms with Gasteiger partial charge >= 0.3 is 11.4 Å². The summed E-state index contributed by atoms with van der Waals surface area (Å²) in [4.78, 5) is 36.5. The number of nitrogens with one attached hydrogen (secondary N) is 1. The van der Waals surface area contributed by atoms with Crippen LogP contribution in [-0.4, -0.2) is 50.1 Å². The van der Waals surface area contributed by atoms with Crippen LogP contribution in [-0.2, 0) is 4.74 Å². The first-order valence-corrected chi connectivity index (χ1v) is 8.55. The molecule has 11 heteroatoms. The summed E-state index contributed by atoms with van der Waals surface area (Å²) in [7, 11) is 0. The van der Waals surface area contributed by atoms with E-state index >= 15 is 0 Å². The number of aliphatic hydroxyl groups is 2. The van der Waals surface area contributed by atoms with Crippen molar-refractivity contribution in [2.24, 2.45) is 0 Å². The second-order valence-electron chi connectivity index (χ2n) is 6.14. The molecule has 1 saturated heterocycles. The molecule has 152 valence electrons. The monoisotopic (exact) mass is 403 g/mol. The fourth-order valence-electron chi connectivity index (χ4n) is 2.81. The van der Waals surface area contributed by atoms with E-state index in [1.165, 1.54) is 24.4 Å². The second kappa shape index (κ2) is 8.70. The van der Waals surface area contributed by atoms with Crippen LogP contribution in [0.3, 0.4) is 0 Å². The molecule has 0 spiro atoms. The molecular formula is C18H17N3O8. The molecule has 1 fully saturated rings. The van der Waals surface area contributed by atoms with E-state index in [9.17, 15) is 24.8 Å². The van der Waals surface area contributed by atoms with Crippen LogP contribution >= 0.6 is 0 Å². The van der Waals surface area contributed by atoms with Gasteiger partial charge in [0, 0.05) is 18.7 Å². The molecule has 0 unspecified atom stereocenters. The summed E-state index contributed by atoms with van der Waals surface area (Å²) in [5, 5.41) is 29.9. The van der Waals surface area contributed by atoms with Crippen LogP contribution in [0.2, 0.25) is 0 Å². The number of hydrogen-bond acceptors (Lipinski definition) is 8. The molecule has 3 rings (SSSR count). The number of rotatable bonds is 5. The first kappa shape index (κ1) is 20.3. The van der Waals surface area contributed by atoms with E-state index in [1.807, 2.05) is 0 Å². The van der Waals surface area contributed by atoms with Crippen molar-refractivity contribution >= 4 is 5.69 Å². The Hall–Kier alpha value is -3.46. The standard InChI is InChI=1S/C18H17N3O8/c22-10-15-13(23)8-16(29-15)20-9-11(17(24)19-18(20)25)4-3-7-28-14-6-2-1-5-12(14)21(26)27/h1-2,5-6,9,13,15-16,22-23H,7-8,10H2,(H,19,24,25)/t13-,15+,16+/m0/s1. The van der Waals surface area contributed by atoms with Crippen molar-refractivity contribution in [1.29, 1.82) is 0 Å². The van der Waals surface area contributed by atoms with Gasteiger partial charge in [-0.25, -0.2) is 4.79 Å². The molecule has 3 atom stereocenters. The second-order valence-corrected chi connectivity index (χ2v) is 6.14. The molecule has 0 bridgehead atoms. The van der Waals surface area contributed by atoms with Crippen molar-refractivity contribution in [3.8, 4) is 17.6 Å². The van der Waals surface area contributed by atoms with Crippen molar-refractivity contribution < 1.29 is 24.6 Å². The molecule has 1 aliphatic heterocycles. The lowest BCUT2D eigenvalue weighted by Crippen LogP contribution is -2.33. The number of aromatic nitrogens is 2. The van der Waals surface area contributed by atoms with Crippen LogP contribution in [0.5, 0.6) is 5.75 Å². The van der Waals surface area contributed by atoms with Gasteiger partial charge in [0.25, 0.3) is 5.56 Å². The summed E-state index contributed by atoms with van der Waals surface area (Å²) in [6.07, 6.45) is -1.40. The number of H-pyrrole nitrogens is 1. The van der Waals surface area contributed by atoms with Crippen LogP contribution in [0, 0.1) is 22.0 Å². The quantitative estimate of drug-likeness (QED) is 0.343. The minimum Gasteiger partial charge on any atom is -0.474 e. The Morgan fingerprint density at radius 2 is 2.14 bits per heavy atom. The molecular weight excluding hydrogens is 386 g/mol. The Balaban J connectivity index is 1.77. The summed E-state index contributed by atoms with van der Waals surface area (Å²) in [5.74, 6) is 5.14. The topological polar surface area (TPSA) is 157 Å². The molecule has 0 amide bonds. The SMILES string of the molecule is O=c1[nH]c(=O)n([C@H]2C[C@H](O)[C@@H](CO)O2)cc1C#CCOc1ccccc1[N+](=O)[O-]. The van der Waals surface area contributed by atoms with Gasteiger partial charge in [-0.1, -0.05) is 24.0 Å². The Kier molecular flexibility index (Phi) is 6.08. The minimum absolute atomic E-state index is 0.0362. The van der Waals surface area contributed by atoms with Gasteiger partial charge in [-0.3, -0.25) is 24.5 Å². The summed E-state index contributed by atoms with van der Waals surface area (Å²) >= 11 is 0. The molecule has 1 aromatic carbocycles. The third-order valence-electron chi connectivity index (χ3n) is 4.25. The number of aliphatic hydroxyl groups excluding tert-OH is 2. The first-order chi connectivity index (χ1) is 13.9. The van der Waals surface area contributed by atoms with Crippen LogP contribution in [0.1, 0.15) is 18.2 Å². The maximum atomic E-state index is 12.0. The molecule has 11 nitrogen and oxygen atoms in total. The zero-order chi connectivity index (χ0) is 21.0. The number of benzene rings is 1. The van der Waals surface area contributed by atoms with Crippen LogP contribution in [0.15, 0.2) is 40.1 Å². The van der Waals surface area contributed by atoms with Crippen LogP contribution in [0.25, 0.3) is 0 Å². The summed E-state index contributed by atoms with van der Waals surface area (Å²) < 4.78 is 11.8. The summed E-state index contributed by atoms with van der Waals surface area (Å²) in [6, 6.07) is 5.79. The van der Waals surface area contributed by atoms with Gasteiger partial charge in [-0.15, -0.1) is 0 Å². The fraction of sp³-hybridized carbons (Fsp3) is 0.333. The smallest absolute Gasteiger partial charge is 0.330 e. The molecule has 0 aliphatic carbocycles. The predicted octanol–water partition coefficient (Wildman–Crippen LogP) is -0.484. The lowest BCUT2D eigenvalue weighted by atomic mass is 10.2. The maximum absolute atomic E-state index is 12.0. The van der Waals surface area contributed by atoms with Crippen molar-refractivity contribution in [2.45, 2.75) is 24.9 Å². The van der Waals surface area contributed by atoms with Crippen molar-refractivity contribution in [2.75, 3.05) is 13.2 Å². The van der Waals surface area contributed by atoms with E-state index in [0.29, 0.717) is 0 Å². The van der Waals surface area contributed by atoms with E-state index < -0.39 is 41.2 Å². The highest BCUT2D eigenvalue weighted by molar-refractivity contribution is 5.46. The zero-order valence-electron chi connectivity index (χ0n) is 15.0. The minimum atomic E-state index is -0.951. The van der Waals surface area contributed by atoms with Gasteiger partial charge in [0.2, 0.25) is 0 Å². The number of ether oxygens (including phenoxy) is 2. The number of nitrogens with zero attached hydrogens (tertiary/aromatic N) is 2. The molecule has 0 saturated carbocycles. The highest BCUT2D eigenvalue weighted by Gasteiger charge is 2.35. The number of hydrogen-bond donors (Lipinski definition) is 3. The lowest BCUT2D eigenvalue weighted by molar-refractivity contribution is -0.385. The fourth-order valence-corrected chi connectivity index (χ4v) is 2.81. The molecule has 2 heterocycles. The Labute approximate surface area is 163 Å². The molecule has 1 aliphatic rings. The summed E-state index contributed by atoms with van der Waals surface area (Å²) in [5.41, 5.74) is -1.73. The number of aromatic amines is 1. The Morgan fingerprint density at radius 1 is 1.38 bits per heavy atom. The van der Waals surface area contributed by atoms with E-state index in [2.05, 4.69) is 16.8 Å². The number of para-hydroxylation sites is 2. The third kappa shape index (κ3) is 4.52. The highest BCUT2D eigenvalue weighted by atomic mass is 16.6. The first-order valence-electron chi connectivity index (χ1n) is 8.55. The molecule has 1 aromatic heterocycles. The van der Waals surface area contributed by atoms with Gasteiger partial charge < -0.3 is 19.7 Å². The van der Waals surface area contributed by atoms with E-state index in [-0.39, 0.29) is 30.0 Å². The van der Waals surface area contributed by atoms with Crippen molar-refractivity contribution in [1.82, 2.24) is 9.55 Å². The van der Waals surface area contributed by atoms with Crippen molar-refractivity contribution in [3.63, 3.8) is 0 Å². The third-order valence-corrected chi connectivity index (χ3v) is 4.25. The van der Waals surface area contributed by atoms with Crippen LogP contribution in [0.4, 0.5) is 5.69 Å². The maximum Gasteiger partial charge on any atom is 0.330 e. The van der Waals surface area contributed by atoms with E-state index in [4.69, 9.17) is 14.6 Å². The van der Waals surface area contributed by atoms with Crippen molar-refractivity contribution in [3.05, 3.63) is 67.0 Å². The molecule has 0 radical (unpaired) electrons. The van der Waals surface area contributed by atoms with Gasteiger partial charge in [0.05, 0.1) is 17.6 Å². The number of nitro groups is 1. The summed E-state index contributed by atoms with van der Waals surface area (Å²) in [6.45, 7) is -0.639. The normalized spacial score (nSPS) is 20.7. The average Bonchev–Trinajstić information content (AvgIpc) is 3.07. The zero-order valence-corrected chi connectivity index (χ0v) is 15.0. The van der Waals surface area contributed by atoms with E-state index in [1.54, 1.807) is 6.07 Å². The molecule has 29 heavy (non-hydrogen) atoms.